The number of carbonyl (C=O) groups is 1. The molecule has 24 heavy (non-hydrogen) atoms. The van der Waals surface area contributed by atoms with Gasteiger partial charge >= 0.3 is 0 Å². The van der Waals surface area contributed by atoms with E-state index in [0.717, 1.165) is 36.8 Å². The van der Waals surface area contributed by atoms with Gasteiger partial charge in [0.15, 0.2) is 0 Å². The van der Waals surface area contributed by atoms with Gasteiger partial charge < -0.3 is 9.88 Å². The molecule has 1 saturated heterocycles. The molecule has 1 aliphatic rings. The van der Waals surface area contributed by atoms with E-state index in [-0.39, 0.29) is 11.7 Å². The monoisotopic (exact) mass is 323 g/mol. The van der Waals surface area contributed by atoms with Crippen molar-refractivity contribution in [2.24, 2.45) is 0 Å². The van der Waals surface area contributed by atoms with E-state index in [1.54, 1.807) is 24.5 Å². The summed E-state index contributed by atoms with van der Waals surface area (Å²) in [6.45, 7) is 1.46. The van der Waals surface area contributed by atoms with Gasteiger partial charge in [0.25, 0.3) is 5.91 Å². The normalized spacial score (nSPS) is 15.8. The summed E-state index contributed by atoms with van der Waals surface area (Å²) in [5.74, 6) is 0.206. The van der Waals surface area contributed by atoms with Crippen molar-refractivity contribution in [1.29, 1.82) is 0 Å². The van der Waals surface area contributed by atoms with Gasteiger partial charge in [-0.1, -0.05) is 0 Å². The predicted molar refractivity (Wildman–Crippen MR) is 90.4 cm³/mol. The van der Waals surface area contributed by atoms with Gasteiger partial charge in [-0.3, -0.25) is 9.78 Å². The molecular formula is C19H18FN3O. The minimum Gasteiger partial charge on any atom is -0.361 e. The lowest BCUT2D eigenvalue weighted by atomic mass is 9.89. The number of aromatic amines is 1. The molecular weight excluding hydrogens is 305 g/mol. The summed E-state index contributed by atoms with van der Waals surface area (Å²) >= 11 is 0. The van der Waals surface area contributed by atoms with Crippen molar-refractivity contribution in [3.63, 3.8) is 0 Å². The minimum absolute atomic E-state index is 0.0440. The molecule has 1 N–H and O–H groups in total. The van der Waals surface area contributed by atoms with Gasteiger partial charge in [0, 0.05) is 42.6 Å². The number of nitrogens with one attached hydrogen (secondary N) is 1. The molecule has 0 spiro atoms. The van der Waals surface area contributed by atoms with Crippen LogP contribution in [0.5, 0.6) is 0 Å². The summed E-state index contributed by atoms with van der Waals surface area (Å²) in [7, 11) is 0. The molecule has 5 heteroatoms. The summed E-state index contributed by atoms with van der Waals surface area (Å²) in [6, 6.07) is 8.45. The Labute approximate surface area is 139 Å². The average Bonchev–Trinajstić information content (AvgIpc) is 3.05. The third-order valence-corrected chi connectivity index (χ3v) is 4.81. The van der Waals surface area contributed by atoms with Crippen LogP contribution in [0.4, 0.5) is 4.39 Å². The van der Waals surface area contributed by atoms with Crippen LogP contribution in [0.15, 0.2) is 48.9 Å². The van der Waals surface area contributed by atoms with Crippen molar-refractivity contribution in [2.75, 3.05) is 13.1 Å². The van der Waals surface area contributed by atoms with Crippen molar-refractivity contribution in [3.8, 4) is 0 Å². The lowest BCUT2D eigenvalue weighted by Crippen LogP contribution is -2.37. The van der Waals surface area contributed by atoms with Crippen LogP contribution in [0.3, 0.4) is 0 Å². The van der Waals surface area contributed by atoms with Gasteiger partial charge in [-0.05, 0) is 54.7 Å². The summed E-state index contributed by atoms with van der Waals surface area (Å²) in [5.41, 5.74) is 2.69. The molecule has 3 aromatic rings. The Morgan fingerprint density at radius 2 is 2.08 bits per heavy atom. The Kier molecular flexibility index (Phi) is 3.76. The second-order valence-electron chi connectivity index (χ2n) is 6.24. The zero-order valence-corrected chi connectivity index (χ0v) is 13.2. The summed E-state index contributed by atoms with van der Waals surface area (Å²) in [6.07, 6.45) is 7.09. The Hall–Kier alpha value is -2.69. The second kappa shape index (κ2) is 6.07. The van der Waals surface area contributed by atoms with E-state index in [1.807, 2.05) is 17.2 Å². The van der Waals surface area contributed by atoms with E-state index in [2.05, 4.69) is 9.97 Å². The van der Waals surface area contributed by atoms with Crippen LogP contribution < -0.4 is 0 Å². The molecule has 0 radical (unpaired) electrons. The maximum absolute atomic E-state index is 13.3. The van der Waals surface area contributed by atoms with Crippen LogP contribution in [-0.2, 0) is 0 Å². The van der Waals surface area contributed by atoms with Gasteiger partial charge in [-0.2, -0.15) is 0 Å². The Balaban J connectivity index is 1.48. The Bertz CT molecular complexity index is 867. The number of fused-ring (bicyclic) bond motifs is 1. The van der Waals surface area contributed by atoms with Gasteiger partial charge in [0.2, 0.25) is 0 Å². The first-order chi connectivity index (χ1) is 11.7. The zero-order chi connectivity index (χ0) is 16.5. The SMILES string of the molecule is O=C(c1cccnc1)N1CCC(c2c[nH]c3cc(F)ccc23)CC1. The molecule has 0 atom stereocenters. The number of piperidine rings is 1. The number of hydrogen-bond acceptors (Lipinski definition) is 2. The number of halogens is 1. The number of hydrogen-bond donors (Lipinski definition) is 1. The molecule has 0 aliphatic carbocycles. The van der Waals surface area contributed by atoms with E-state index in [4.69, 9.17) is 0 Å². The van der Waals surface area contributed by atoms with Crippen molar-refractivity contribution in [2.45, 2.75) is 18.8 Å². The average molecular weight is 323 g/mol. The Morgan fingerprint density at radius 1 is 1.25 bits per heavy atom. The molecule has 0 saturated carbocycles. The summed E-state index contributed by atoms with van der Waals surface area (Å²) < 4.78 is 13.3. The molecule has 122 valence electrons. The van der Waals surface area contributed by atoms with Crippen LogP contribution in [0.25, 0.3) is 10.9 Å². The van der Waals surface area contributed by atoms with E-state index in [9.17, 15) is 9.18 Å². The van der Waals surface area contributed by atoms with Crippen molar-refractivity contribution in [1.82, 2.24) is 14.9 Å². The van der Waals surface area contributed by atoms with E-state index < -0.39 is 0 Å². The fourth-order valence-corrected chi connectivity index (χ4v) is 3.52. The number of nitrogens with zero attached hydrogens (tertiary/aromatic N) is 2. The number of H-pyrrole nitrogens is 1. The maximum Gasteiger partial charge on any atom is 0.255 e. The first-order valence-corrected chi connectivity index (χ1v) is 8.18. The first kappa shape index (κ1) is 14.9. The number of amides is 1. The second-order valence-corrected chi connectivity index (χ2v) is 6.24. The lowest BCUT2D eigenvalue weighted by Gasteiger charge is -2.32. The van der Waals surface area contributed by atoms with E-state index in [0.29, 0.717) is 11.5 Å². The third-order valence-electron chi connectivity index (χ3n) is 4.81. The fourth-order valence-electron chi connectivity index (χ4n) is 3.52. The molecule has 4 nitrogen and oxygen atoms in total. The standard InChI is InChI=1S/C19H18FN3O/c20-15-3-4-16-17(12-22-18(16)10-15)13-5-8-23(9-6-13)19(24)14-2-1-7-21-11-14/h1-4,7,10-13,22H,5-6,8-9H2. The van der Waals surface area contributed by atoms with Crippen molar-refractivity contribution < 1.29 is 9.18 Å². The molecule has 1 aliphatic heterocycles. The molecule has 2 aromatic heterocycles. The molecule has 1 fully saturated rings. The highest BCUT2D eigenvalue weighted by atomic mass is 19.1. The smallest absolute Gasteiger partial charge is 0.255 e. The Morgan fingerprint density at radius 3 is 2.83 bits per heavy atom. The van der Waals surface area contributed by atoms with Gasteiger partial charge in [-0.15, -0.1) is 0 Å². The summed E-state index contributed by atoms with van der Waals surface area (Å²) in [5, 5.41) is 1.08. The molecule has 0 bridgehead atoms. The number of aromatic nitrogens is 2. The highest BCUT2D eigenvalue weighted by molar-refractivity contribution is 5.94. The molecule has 4 rings (SSSR count). The quantitative estimate of drug-likeness (QED) is 0.781. The lowest BCUT2D eigenvalue weighted by molar-refractivity contribution is 0.0713. The van der Waals surface area contributed by atoms with Crippen LogP contribution in [0.2, 0.25) is 0 Å². The summed E-state index contributed by atoms with van der Waals surface area (Å²) in [4.78, 5) is 21.5. The fraction of sp³-hybridized carbons (Fsp3) is 0.263. The van der Waals surface area contributed by atoms with Crippen LogP contribution in [0.1, 0.15) is 34.7 Å². The number of benzene rings is 1. The first-order valence-electron chi connectivity index (χ1n) is 8.18. The topological polar surface area (TPSA) is 49.0 Å². The molecule has 1 aromatic carbocycles. The number of pyridine rings is 1. The van der Waals surface area contributed by atoms with Gasteiger partial charge in [-0.25, -0.2) is 4.39 Å². The molecule has 1 amide bonds. The molecule has 0 unspecified atom stereocenters. The van der Waals surface area contributed by atoms with Crippen LogP contribution >= 0.6 is 0 Å². The highest BCUT2D eigenvalue weighted by Gasteiger charge is 2.26. The predicted octanol–water partition coefficient (Wildman–Crippen LogP) is 3.72. The molecule has 3 heterocycles. The highest BCUT2D eigenvalue weighted by Crippen LogP contribution is 2.33. The number of rotatable bonds is 2. The zero-order valence-electron chi connectivity index (χ0n) is 13.2. The van der Waals surface area contributed by atoms with Crippen molar-refractivity contribution >= 4 is 16.8 Å². The third kappa shape index (κ3) is 2.66. The maximum atomic E-state index is 13.3. The van der Waals surface area contributed by atoms with E-state index >= 15 is 0 Å². The van der Waals surface area contributed by atoms with Crippen molar-refractivity contribution in [3.05, 3.63) is 65.9 Å². The van der Waals surface area contributed by atoms with Gasteiger partial charge in [0.1, 0.15) is 5.82 Å². The minimum atomic E-state index is -0.229. The number of carbonyl (C=O) groups excluding carboxylic acids is 1. The van der Waals surface area contributed by atoms with Crippen LogP contribution in [-0.4, -0.2) is 33.9 Å². The van der Waals surface area contributed by atoms with E-state index in [1.165, 1.54) is 17.7 Å². The largest absolute Gasteiger partial charge is 0.361 e. The van der Waals surface area contributed by atoms with Crippen LogP contribution in [0, 0.1) is 5.82 Å². The van der Waals surface area contributed by atoms with Gasteiger partial charge in [0.05, 0.1) is 5.56 Å². The number of likely N-dealkylation sites (tertiary alicyclic amines) is 1.